The van der Waals surface area contributed by atoms with Crippen LogP contribution in [0, 0.1) is 0 Å². The Kier molecular flexibility index (Phi) is 6.60. The van der Waals surface area contributed by atoms with Gasteiger partial charge in [-0.15, -0.1) is 0 Å². The summed E-state index contributed by atoms with van der Waals surface area (Å²) >= 11 is 0. The Morgan fingerprint density at radius 1 is 0.957 bits per heavy atom. The zero-order valence-corrected chi connectivity index (χ0v) is 14.1. The van der Waals surface area contributed by atoms with Crippen LogP contribution in [0.3, 0.4) is 0 Å². The highest BCUT2D eigenvalue weighted by Gasteiger charge is 2.06. The summed E-state index contributed by atoms with van der Waals surface area (Å²) in [5.41, 5.74) is 3.85. The number of pyridine rings is 2. The van der Waals surface area contributed by atoms with Gasteiger partial charge in [0.05, 0.1) is 28.9 Å². The van der Waals surface area contributed by atoms with Crippen LogP contribution < -0.4 is 0 Å². The van der Waals surface area contributed by atoms with E-state index in [1.54, 1.807) is 12.4 Å². The van der Waals surface area contributed by atoms with Crippen LogP contribution in [0.4, 0.5) is 0 Å². The highest BCUT2D eigenvalue weighted by atomic mass is 14.8. The van der Waals surface area contributed by atoms with Crippen molar-refractivity contribution in [2.75, 3.05) is 6.54 Å². The average Bonchev–Trinajstić information content (AvgIpc) is 2.62. The maximum atomic E-state index is 4.80. The minimum Gasteiger partial charge on any atom is -0.288 e. The van der Waals surface area contributed by atoms with Crippen molar-refractivity contribution >= 4 is 11.4 Å². The maximum Gasteiger partial charge on any atom is 0.0837 e. The van der Waals surface area contributed by atoms with Crippen molar-refractivity contribution in [2.45, 2.75) is 39.7 Å². The molecule has 2 rings (SSSR count). The van der Waals surface area contributed by atoms with Crippen molar-refractivity contribution in [2.24, 2.45) is 9.98 Å². The Labute approximate surface area is 138 Å². The van der Waals surface area contributed by atoms with Crippen molar-refractivity contribution in [3.8, 4) is 0 Å². The first kappa shape index (κ1) is 17.0. The molecule has 2 heterocycles. The van der Waals surface area contributed by atoms with Crippen molar-refractivity contribution in [3.63, 3.8) is 0 Å². The van der Waals surface area contributed by atoms with Gasteiger partial charge in [-0.05, 0) is 51.0 Å². The van der Waals surface area contributed by atoms with Gasteiger partial charge in [0.25, 0.3) is 0 Å². The Balaban J connectivity index is 1.95. The van der Waals surface area contributed by atoms with Gasteiger partial charge < -0.3 is 0 Å². The van der Waals surface area contributed by atoms with Crippen LogP contribution in [-0.4, -0.2) is 34.0 Å². The van der Waals surface area contributed by atoms with Gasteiger partial charge in [0, 0.05) is 18.9 Å². The molecule has 0 N–H and O–H groups in total. The highest BCUT2D eigenvalue weighted by Crippen LogP contribution is 2.08. The van der Waals surface area contributed by atoms with Gasteiger partial charge in [0.15, 0.2) is 0 Å². The number of aliphatic imine (C=N–C) groups is 2. The first-order valence-electron chi connectivity index (χ1n) is 8.09. The van der Waals surface area contributed by atoms with E-state index in [0.29, 0.717) is 0 Å². The highest BCUT2D eigenvalue weighted by molar-refractivity contribution is 5.97. The van der Waals surface area contributed by atoms with Gasteiger partial charge in [0.1, 0.15) is 0 Å². The fraction of sp³-hybridized carbons (Fsp3) is 0.368. The SMILES string of the molecule is CCC(CCN=C(C)c1ccccn1)N=C(C)c1ccccn1. The lowest BCUT2D eigenvalue weighted by Gasteiger charge is -2.10. The zero-order valence-electron chi connectivity index (χ0n) is 14.1. The largest absolute Gasteiger partial charge is 0.288 e. The van der Waals surface area contributed by atoms with Gasteiger partial charge >= 0.3 is 0 Å². The van der Waals surface area contributed by atoms with Gasteiger partial charge in [-0.2, -0.15) is 0 Å². The van der Waals surface area contributed by atoms with E-state index in [2.05, 4.69) is 21.9 Å². The van der Waals surface area contributed by atoms with Gasteiger partial charge in [0.2, 0.25) is 0 Å². The number of aromatic nitrogens is 2. The van der Waals surface area contributed by atoms with E-state index in [-0.39, 0.29) is 6.04 Å². The normalized spacial score (nSPS) is 13.9. The molecule has 2 aromatic heterocycles. The molecule has 0 aliphatic heterocycles. The molecule has 1 unspecified atom stereocenters. The Bertz CT molecular complexity index is 648. The third-order valence-corrected chi connectivity index (χ3v) is 3.73. The van der Waals surface area contributed by atoms with Crippen molar-refractivity contribution in [1.29, 1.82) is 0 Å². The molecule has 0 spiro atoms. The minimum atomic E-state index is 0.275. The fourth-order valence-electron chi connectivity index (χ4n) is 2.32. The zero-order chi connectivity index (χ0) is 16.5. The fourth-order valence-corrected chi connectivity index (χ4v) is 2.32. The molecule has 0 saturated carbocycles. The molecule has 120 valence electrons. The van der Waals surface area contributed by atoms with Crippen molar-refractivity contribution in [3.05, 3.63) is 60.2 Å². The molecule has 0 saturated heterocycles. The first-order valence-corrected chi connectivity index (χ1v) is 8.09. The van der Waals surface area contributed by atoms with Gasteiger partial charge in [-0.3, -0.25) is 20.0 Å². The third kappa shape index (κ3) is 5.40. The molecule has 0 aliphatic rings. The van der Waals surface area contributed by atoms with E-state index in [9.17, 15) is 0 Å². The van der Waals surface area contributed by atoms with E-state index >= 15 is 0 Å². The number of hydrogen-bond donors (Lipinski definition) is 0. The van der Waals surface area contributed by atoms with E-state index in [1.807, 2.05) is 50.2 Å². The molecular formula is C19H24N4. The smallest absolute Gasteiger partial charge is 0.0837 e. The Morgan fingerprint density at radius 3 is 2.09 bits per heavy atom. The van der Waals surface area contributed by atoms with E-state index in [0.717, 1.165) is 42.2 Å². The summed E-state index contributed by atoms with van der Waals surface area (Å²) in [6, 6.07) is 12.1. The summed E-state index contributed by atoms with van der Waals surface area (Å²) in [4.78, 5) is 18.1. The van der Waals surface area contributed by atoms with Crippen LogP contribution in [0.25, 0.3) is 0 Å². The molecular weight excluding hydrogens is 284 g/mol. The molecule has 0 aliphatic carbocycles. The van der Waals surface area contributed by atoms with Gasteiger partial charge in [-0.1, -0.05) is 19.1 Å². The lowest BCUT2D eigenvalue weighted by atomic mass is 10.1. The standard InChI is InChI=1S/C19H24N4/c1-4-17(23-16(3)19-10-6-8-13-22-19)11-14-20-15(2)18-9-5-7-12-21-18/h5-10,12-13,17H,4,11,14H2,1-3H3. The predicted octanol–water partition coefficient (Wildman–Crippen LogP) is 3.96. The summed E-state index contributed by atoms with van der Waals surface area (Å²) in [6.07, 6.45) is 5.53. The summed E-state index contributed by atoms with van der Waals surface area (Å²) in [5.74, 6) is 0. The second-order valence-corrected chi connectivity index (χ2v) is 5.46. The Morgan fingerprint density at radius 2 is 1.57 bits per heavy atom. The molecule has 1 atom stereocenters. The molecule has 0 amide bonds. The van der Waals surface area contributed by atoms with Crippen LogP contribution in [0.15, 0.2) is 58.8 Å². The quantitative estimate of drug-likeness (QED) is 0.727. The summed E-state index contributed by atoms with van der Waals surface area (Å²) < 4.78 is 0. The summed E-state index contributed by atoms with van der Waals surface area (Å²) in [6.45, 7) is 6.95. The van der Waals surface area contributed by atoms with Crippen molar-refractivity contribution in [1.82, 2.24) is 9.97 Å². The van der Waals surface area contributed by atoms with E-state index in [1.165, 1.54) is 0 Å². The minimum absolute atomic E-state index is 0.275. The maximum absolute atomic E-state index is 4.80. The number of nitrogens with zero attached hydrogens (tertiary/aromatic N) is 4. The molecule has 4 nitrogen and oxygen atoms in total. The summed E-state index contributed by atoms with van der Waals surface area (Å²) in [7, 11) is 0. The molecule has 0 radical (unpaired) electrons. The van der Waals surface area contributed by atoms with Crippen LogP contribution in [0.1, 0.15) is 45.0 Å². The van der Waals surface area contributed by atoms with Crippen LogP contribution in [0.2, 0.25) is 0 Å². The molecule has 0 aromatic carbocycles. The predicted molar refractivity (Wildman–Crippen MR) is 96.5 cm³/mol. The molecule has 23 heavy (non-hydrogen) atoms. The topological polar surface area (TPSA) is 50.5 Å². The lowest BCUT2D eigenvalue weighted by Crippen LogP contribution is -2.10. The number of rotatable bonds is 7. The van der Waals surface area contributed by atoms with Crippen molar-refractivity contribution < 1.29 is 0 Å². The molecule has 2 aromatic rings. The second kappa shape index (κ2) is 8.93. The summed E-state index contributed by atoms with van der Waals surface area (Å²) in [5, 5.41) is 0. The molecule has 4 heteroatoms. The van der Waals surface area contributed by atoms with Crippen LogP contribution >= 0.6 is 0 Å². The van der Waals surface area contributed by atoms with Crippen LogP contribution in [-0.2, 0) is 0 Å². The first-order chi connectivity index (χ1) is 11.2. The molecule has 0 bridgehead atoms. The third-order valence-electron chi connectivity index (χ3n) is 3.73. The van der Waals surface area contributed by atoms with E-state index in [4.69, 9.17) is 4.99 Å². The number of hydrogen-bond acceptors (Lipinski definition) is 4. The van der Waals surface area contributed by atoms with Crippen LogP contribution in [0.5, 0.6) is 0 Å². The average molecular weight is 308 g/mol. The second-order valence-electron chi connectivity index (χ2n) is 5.46. The molecule has 0 fully saturated rings. The van der Waals surface area contributed by atoms with E-state index < -0.39 is 0 Å². The Hall–Kier alpha value is -2.36. The monoisotopic (exact) mass is 308 g/mol. The van der Waals surface area contributed by atoms with Gasteiger partial charge in [-0.25, -0.2) is 0 Å². The lowest BCUT2D eigenvalue weighted by molar-refractivity contribution is 0.607.